The Balaban J connectivity index is 1.80. The first-order chi connectivity index (χ1) is 8.98. The lowest BCUT2D eigenvalue weighted by molar-refractivity contribution is -0.122. The van der Waals surface area contributed by atoms with Crippen molar-refractivity contribution in [2.45, 2.75) is 41.9 Å². The summed E-state index contributed by atoms with van der Waals surface area (Å²) in [6, 6.07) is 7.89. The van der Waals surface area contributed by atoms with Crippen LogP contribution in [0.4, 0.5) is 0 Å². The number of carbonyl (C=O) groups excluding carboxylic acids is 1. The van der Waals surface area contributed by atoms with Crippen LogP contribution < -0.4 is 5.32 Å². The van der Waals surface area contributed by atoms with Gasteiger partial charge in [0.25, 0.3) is 0 Å². The lowest BCUT2D eigenvalue weighted by atomic mass is 9.80. The minimum absolute atomic E-state index is 0.0201. The summed E-state index contributed by atoms with van der Waals surface area (Å²) in [6.07, 6.45) is 2.64. The molecule has 0 spiro atoms. The number of aliphatic hydroxyl groups is 1. The summed E-state index contributed by atoms with van der Waals surface area (Å²) >= 11 is 4.91. The van der Waals surface area contributed by atoms with Crippen LogP contribution in [0, 0.1) is 0 Å². The number of thioether (sulfide) groups is 1. The van der Waals surface area contributed by atoms with Crippen molar-refractivity contribution in [1.82, 2.24) is 5.32 Å². The molecule has 1 aliphatic carbocycles. The molecule has 104 valence electrons. The fourth-order valence-corrected chi connectivity index (χ4v) is 3.08. The molecular formula is C14H18BrNO2S. The quantitative estimate of drug-likeness (QED) is 0.808. The first-order valence-electron chi connectivity index (χ1n) is 6.41. The van der Waals surface area contributed by atoms with Crippen LogP contribution in [0.15, 0.2) is 33.6 Å². The second-order valence-corrected chi connectivity index (χ2v) is 7.34. The number of hydrogen-bond donors (Lipinski definition) is 2. The molecule has 0 aliphatic heterocycles. The van der Waals surface area contributed by atoms with Gasteiger partial charge in [0.2, 0.25) is 5.91 Å². The molecule has 0 heterocycles. The second-order valence-electron chi connectivity index (χ2n) is 5.01. The van der Waals surface area contributed by atoms with Crippen LogP contribution in [0.3, 0.4) is 0 Å². The number of benzene rings is 1. The summed E-state index contributed by atoms with van der Waals surface area (Å²) in [4.78, 5) is 13.0. The lowest BCUT2D eigenvalue weighted by Crippen LogP contribution is -2.49. The molecule has 0 bridgehead atoms. The van der Waals surface area contributed by atoms with E-state index in [1.807, 2.05) is 31.2 Å². The number of halogens is 1. The smallest absolute Gasteiger partial charge is 0.233 e. The van der Waals surface area contributed by atoms with Gasteiger partial charge in [-0.05, 0) is 50.5 Å². The molecule has 1 aliphatic rings. The Morgan fingerprint density at radius 3 is 2.63 bits per heavy atom. The van der Waals surface area contributed by atoms with E-state index in [0.29, 0.717) is 6.54 Å². The Kier molecular flexibility index (Phi) is 4.92. The van der Waals surface area contributed by atoms with Gasteiger partial charge in [0, 0.05) is 15.9 Å². The Morgan fingerprint density at radius 2 is 2.11 bits per heavy atom. The first-order valence-corrected chi connectivity index (χ1v) is 8.08. The van der Waals surface area contributed by atoms with E-state index in [9.17, 15) is 9.90 Å². The van der Waals surface area contributed by atoms with Gasteiger partial charge >= 0.3 is 0 Å². The van der Waals surface area contributed by atoms with Crippen molar-refractivity contribution in [3.63, 3.8) is 0 Å². The monoisotopic (exact) mass is 343 g/mol. The van der Waals surface area contributed by atoms with Gasteiger partial charge in [-0.1, -0.05) is 15.9 Å². The highest BCUT2D eigenvalue weighted by molar-refractivity contribution is 9.10. The molecule has 2 rings (SSSR count). The molecule has 1 aromatic carbocycles. The largest absolute Gasteiger partial charge is 0.388 e. The average Bonchev–Trinajstić information content (AvgIpc) is 2.36. The van der Waals surface area contributed by atoms with Crippen molar-refractivity contribution in [1.29, 1.82) is 0 Å². The van der Waals surface area contributed by atoms with Gasteiger partial charge in [0.15, 0.2) is 0 Å². The molecule has 2 N–H and O–H groups in total. The van der Waals surface area contributed by atoms with E-state index in [2.05, 4.69) is 21.2 Å². The van der Waals surface area contributed by atoms with Gasteiger partial charge in [-0.15, -0.1) is 11.8 Å². The van der Waals surface area contributed by atoms with Gasteiger partial charge in [-0.2, -0.15) is 0 Å². The Labute approximate surface area is 126 Å². The molecule has 3 nitrogen and oxygen atoms in total. The number of carbonyl (C=O) groups is 1. The fraction of sp³-hybridized carbons (Fsp3) is 0.500. The summed E-state index contributed by atoms with van der Waals surface area (Å²) in [5.74, 6) is -0.0201. The van der Waals surface area contributed by atoms with Gasteiger partial charge in [-0.3, -0.25) is 4.79 Å². The van der Waals surface area contributed by atoms with Crippen LogP contribution in [0.25, 0.3) is 0 Å². The maximum absolute atomic E-state index is 11.9. The molecule has 1 unspecified atom stereocenters. The van der Waals surface area contributed by atoms with Crippen LogP contribution in [0.1, 0.15) is 26.2 Å². The molecule has 0 radical (unpaired) electrons. The van der Waals surface area contributed by atoms with Crippen molar-refractivity contribution < 1.29 is 9.90 Å². The Morgan fingerprint density at radius 1 is 1.47 bits per heavy atom. The average molecular weight is 344 g/mol. The normalized spacial score (nSPS) is 18.5. The number of amides is 1. The molecule has 1 aromatic rings. The van der Waals surface area contributed by atoms with E-state index in [-0.39, 0.29) is 11.2 Å². The summed E-state index contributed by atoms with van der Waals surface area (Å²) in [5.41, 5.74) is -0.655. The summed E-state index contributed by atoms with van der Waals surface area (Å²) < 4.78 is 1.03. The Bertz CT molecular complexity index is 445. The first kappa shape index (κ1) is 14.9. The summed E-state index contributed by atoms with van der Waals surface area (Å²) in [6.45, 7) is 2.25. The molecule has 5 heteroatoms. The molecule has 0 saturated heterocycles. The summed E-state index contributed by atoms with van der Waals surface area (Å²) in [7, 11) is 0. The Hall–Kier alpha value is -0.520. The third-order valence-corrected chi connectivity index (χ3v) is 5.01. The van der Waals surface area contributed by atoms with Crippen LogP contribution in [-0.4, -0.2) is 28.4 Å². The fourth-order valence-electron chi connectivity index (χ4n) is 1.93. The SMILES string of the molecule is CC(Sc1ccc(Br)cc1)C(=O)NCC1(O)CCC1. The summed E-state index contributed by atoms with van der Waals surface area (Å²) in [5, 5.41) is 12.6. The predicted molar refractivity (Wildman–Crippen MR) is 81.3 cm³/mol. The highest BCUT2D eigenvalue weighted by Crippen LogP contribution is 2.31. The van der Waals surface area contributed by atoms with Crippen molar-refractivity contribution in [3.05, 3.63) is 28.7 Å². The van der Waals surface area contributed by atoms with E-state index in [1.54, 1.807) is 0 Å². The highest BCUT2D eigenvalue weighted by Gasteiger charge is 2.34. The minimum atomic E-state index is -0.655. The topological polar surface area (TPSA) is 49.3 Å². The van der Waals surface area contributed by atoms with Gasteiger partial charge in [-0.25, -0.2) is 0 Å². The number of hydrogen-bond acceptors (Lipinski definition) is 3. The van der Waals surface area contributed by atoms with E-state index < -0.39 is 5.60 Å². The van der Waals surface area contributed by atoms with Gasteiger partial charge < -0.3 is 10.4 Å². The maximum atomic E-state index is 11.9. The third kappa shape index (κ3) is 4.23. The third-order valence-electron chi connectivity index (χ3n) is 3.37. The van der Waals surface area contributed by atoms with Crippen molar-refractivity contribution in [2.24, 2.45) is 0 Å². The molecule has 1 fully saturated rings. The van der Waals surface area contributed by atoms with E-state index in [0.717, 1.165) is 28.6 Å². The van der Waals surface area contributed by atoms with E-state index in [4.69, 9.17) is 0 Å². The van der Waals surface area contributed by atoms with Crippen LogP contribution in [-0.2, 0) is 4.79 Å². The second kappa shape index (κ2) is 6.29. The van der Waals surface area contributed by atoms with Gasteiger partial charge in [0.1, 0.15) is 0 Å². The van der Waals surface area contributed by atoms with Gasteiger partial charge in [0.05, 0.1) is 10.9 Å². The molecule has 1 amide bonds. The van der Waals surface area contributed by atoms with Crippen LogP contribution in [0.2, 0.25) is 0 Å². The zero-order valence-corrected chi connectivity index (χ0v) is 13.3. The zero-order valence-electron chi connectivity index (χ0n) is 10.9. The molecule has 1 atom stereocenters. The van der Waals surface area contributed by atoms with Crippen LogP contribution >= 0.6 is 27.7 Å². The lowest BCUT2D eigenvalue weighted by Gasteiger charge is -2.36. The number of nitrogens with one attached hydrogen (secondary N) is 1. The molecular weight excluding hydrogens is 326 g/mol. The van der Waals surface area contributed by atoms with E-state index >= 15 is 0 Å². The maximum Gasteiger partial charge on any atom is 0.233 e. The number of rotatable bonds is 5. The zero-order chi connectivity index (χ0) is 13.9. The minimum Gasteiger partial charge on any atom is -0.388 e. The highest BCUT2D eigenvalue weighted by atomic mass is 79.9. The molecule has 1 saturated carbocycles. The van der Waals surface area contributed by atoms with Crippen molar-refractivity contribution in [3.8, 4) is 0 Å². The van der Waals surface area contributed by atoms with Crippen molar-refractivity contribution in [2.75, 3.05) is 6.54 Å². The molecule has 0 aromatic heterocycles. The van der Waals surface area contributed by atoms with E-state index in [1.165, 1.54) is 11.8 Å². The standard InChI is InChI=1S/C14H18BrNO2S/c1-10(19-12-5-3-11(15)4-6-12)13(17)16-9-14(18)7-2-8-14/h3-6,10,18H,2,7-9H2,1H3,(H,16,17). The van der Waals surface area contributed by atoms with Crippen LogP contribution in [0.5, 0.6) is 0 Å². The van der Waals surface area contributed by atoms with Crippen molar-refractivity contribution >= 4 is 33.6 Å². The predicted octanol–water partition coefficient (Wildman–Crippen LogP) is 2.96. The molecule has 19 heavy (non-hydrogen) atoms.